The summed E-state index contributed by atoms with van der Waals surface area (Å²) >= 11 is 1.94. The maximum Gasteiger partial charge on any atom is 0.223 e. The summed E-state index contributed by atoms with van der Waals surface area (Å²) < 4.78 is 4.86. The van der Waals surface area contributed by atoms with Crippen LogP contribution >= 0.6 is 11.8 Å². The molecule has 1 aliphatic rings. The molecule has 4 heteroatoms. The first-order valence-electron chi connectivity index (χ1n) is 4.69. The van der Waals surface area contributed by atoms with Gasteiger partial charge in [0.15, 0.2) is 0 Å². The summed E-state index contributed by atoms with van der Waals surface area (Å²) in [5, 5.41) is 2.88. The molecule has 0 aromatic carbocycles. The minimum Gasteiger partial charge on any atom is -0.383 e. The molecule has 0 atom stereocenters. The van der Waals surface area contributed by atoms with E-state index in [1.807, 2.05) is 11.8 Å². The number of carbonyl (C=O) groups is 1. The summed E-state index contributed by atoms with van der Waals surface area (Å²) in [4.78, 5) is 11.5. The molecule has 76 valence electrons. The fraction of sp³-hybridized carbons (Fsp3) is 0.889. The average molecular weight is 203 g/mol. The molecule has 1 aliphatic heterocycles. The first-order chi connectivity index (χ1) is 6.34. The maximum absolute atomic E-state index is 11.5. The highest BCUT2D eigenvalue weighted by atomic mass is 32.2. The minimum absolute atomic E-state index is 0.206. The number of rotatable bonds is 4. The van der Waals surface area contributed by atoms with Gasteiger partial charge in [-0.05, 0) is 24.3 Å². The maximum atomic E-state index is 11.5. The van der Waals surface area contributed by atoms with Gasteiger partial charge in [-0.15, -0.1) is 0 Å². The van der Waals surface area contributed by atoms with Crippen molar-refractivity contribution in [2.45, 2.75) is 12.8 Å². The van der Waals surface area contributed by atoms with Gasteiger partial charge in [0.1, 0.15) is 0 Å². The van der Waals surface area contributed by atoms with Crippen molar-refractivity contribution in [3.05, 3.63) is 0 Å². The number of thioether (sulfide) groups is 1. The molecular weight excluding hydrogens is 186 g/mol. The minimum atomic E-state index is 0.206. The van der Waals surface area contributed by atoms with Crippen molar-refractivity contribution >= 4 is 17.7 Å². The Morgan fingerprint density at radius 3 is 2.85 bits per heavy atom. The van der Waals surface area contributed by atoms with E-state index in [1.54, 1.807) is 7.11 Å². The number of hydrogen-bond donors (Lipinski definition) is 1. The lowest BCUT2D eigenvalue weighted by Gasteiger charge is -2.20. The highest BCUT2D eigenvalue weighted by Gasteiger charge is 2.20. The van der Waals surface area contributed by atoms with E-state index in [0.717, 1.165) is 24.3 Å². The third kappa shape index (κ3) is 4.00. The van der Waals surface area contributed by atoms with Crippen LogP contribution in [0.4, 0.5) is 0 Å². The van der Waals surface area contributed by atoms with Crippen LogP contribution in [0.25, 0.3) is 0 Å². The van der Waals surface area contributed by atoms with Gasteiger partial charge in [-0.3, -0.25) is 4.79 Å². The van der Waals surface area contributed by atoms with Crippen LogP contribution in [-0.2, 0) is 9.53 Å². The van der Waals surface area contributed by atoms with E-state index in [1.165, 1.54) is 0 Å². The summed E-state index contributed by atoms with van der Waals surface area (Å²) in [5.74, 6) is 2.71. The first-order valence-corrected chi connectivity index (χ1v) is 5.84. The van der Waals surface area contributed by atoms with E-state index < -0.39 is 0 Å². The van der Waals surface area contributed by atoms with Gasteiger partial charge in [-0.25, -0.2) is 0 Å². The zero-order valence-electron chi connectivity index (χ0n) is 8.04. The van der Waals surface area contributed by atoms with Crippen LogP contribution in [0.2, 0.25) is 0 Å². The number of ether oxygens (including phenoxy) is 1. The lowest BCUT2D eigenvalue weighted by molar-refractivity contribution is -0.125. The van der Waals surface area contributed by atoms with Crippen LogP contribution in [0.1, 0.15) is 12.8 Å². The second-order valence-electron chi connectivity index (χ2n) is 3.17. The Morgan fingerprint density at radius 2 is 2.23 bits per heavy atom. The number of carbonyl (C=O) groups excluding carboxylic acids is 1. The van der Waals surface area contributed by atoms with Crippen LogP contribution in [-0.4, -0.2) is 37.7 Å². The number of hydrogen-bond acceptors (Lipinski definition) is 3. The van der Waals surface area contributed by atoms with E-state index in [9.17, 15) is 4.79 Å². The molecule has 1 saturated heterocycles. The molecular formula is C9H17NO2S. The first kappa shape index (κ1) is 10.9. The van der Waals surface area contributed by atoms with E-state index >= 15 is 0 Å². The van der Waals surface area contributed by atoms with Gasteiger partial charge >= 0.3 is 0 Å². The lowest BCUT2D eigenvalue weighted by Crippen LogP contribution is -2.34. The van der Waals surface area contributed by atoms with Gasteiger partial charge in [0, 0.05) is 19.6 Å². The lowest BCUT2D eigenvalue weighted by atomic mass is 10.0. The van der Waals surface area contributed by atoms with Crippen LogP contribution in [0.15, 0.2) is 0 Å². The summed E-state index contributed by atoms with van der Waals surface area (Å²) in [6, 6.07) is 0. The van der Waals surface area contributed by atoms with E-state index in [4.69, 9.17) is 4.74 Å². The molecule has 0 aromatic rings. The molecule has 0 unspecified atom stereocenters. The SMILES string of the molecule is COCCNC(=O)C1CCSCC1. The topological polar surface area (TPSA) is 38.3 Å². The number of methoxy groups -OCH3 is 1. The Hall–Kier alpha value is -0.220. The monoisotopic (exact) mass is 203 g/mol. The third-order valence-corrected chi connectivity index (χ3v) is 3.25. The van der Waals surface area contributed by atoms with Crippen LogP contribution in [0, 0.1) is 5.92 Å². The summed E-state index contributed by atoms with van der Waals surface area (Å²) in [6.07, 6.45) is 2.06. The van der Waals surface area contributed by atoms with Crippen molar-refractivity contribution in [2.75, 3.05) is 31.8 Å². The van der Waals surface area contributed by atoms with Crippen molar-refractivity contribution in [2.24, 2.45) is 5.92 Å². The van der Waals surface area contributed by atoms with Crippen molar-refractivity contribution in [1.82, 2.24) is 5.32 Å². The van der Waals surface area contributed by atoms with Crippen molar-refractivity contribution in [3.8, 4) is 0 Å². The summed E-state index contributed by atoms with van der Waals surface area (Å²) in [7, 11) is 1.64. The quantitative estimate of drug-likeness (QED) is 0.690. The second kappa shape index (κ2) is 6.27. The molecule has 0 aliphatic carbocycles. The fourth-order valence-electron chi connectivity index (χ4n) is 1.38. The van der Waals surface area contributed by atoms with E-state index in [-0.39, 0.29) is 11.8 Å². The molecule has 0 saturated carbocycles. The largest absolute Gasteiger partial charge is 0.383 e. The van der Waals surface area contributed by atoms with E-state index in [2.05, 4.69) is 5.32 Å². The molecule has 0 aromatic heterocycles. The zero-order valence-corrected chi connectivity index (χ0v) is 8.86. The third-order valence-electron chi connectivity index (χ3n) is 2.20. The second-order valence-corrected chi connectivity index (χ2v) is 4.40. The Balaban J connectivity index is 2.13. The summed E-state index contributed by atoms with van der Waals surface area (Å²) in [6.45, 7) is 1.24. The van der Waals surface area contributed by atoms with Gasteiger partial charge in [0.25, 0.3) is 0 Å². The Morgan fingerprint density at radius 1 is 1.54 bits per heavy atom. The predicted molar refractivity (Wildman–Crippen MR) is 54.9 cm³/mol. The molecule has 1 fully saturated rings. The highest BCUT2D eigenvalue weighted by molar-refractivity contribution is 7.99. The molecule has 1 amide bonds. The average Bonchev–Trinajstić information content (AvgIpc) is 2.19. The predicted octanol–water partition coefficient (Wildman–Crippen LogP) is 0.892. The van der Waals surface area contributed by atoms with Crippen molar-refractivity contribution in [1.29, 1.82) is 0 Å². The van der Waals surface area contributed by atoms with Gasteiger partial charge in [-0.2, -0.15) is 11.8 Å². The smallest absolute Gasteiger partial charge is 0.223 e. The Labute approximate surface area is 83.6 Å². The highest BCUT2D eigenvalue weighted by Crippen LogP contribution is 2.22. The van der Waals surface area contributed by atoms with Crippen LogP contribution < -0.4 is 5.32 Å². The molecule has 0 radical (unpaired) electrons. The zero-order chi connectivity index (χ0) is 9.52. The molecule has 0 bridgehead atoms. The van der Waals surface area contributed by atoms with Crippen molar-refractivity contribution < 1.29 is 9.53 Å². The number of amides is 1. The standard InChI is InChI=1S/C9H17NO2S/c1-12-5-4-10-9(11)8-2-6-13-7-3-8/h8H,2-7H2,1H3,(H,10,11). The molecule has 3 nitrogen and oxygen atoms in total. The summed E-state index contributed by atoms with van der Waals surface area (Å²) in [5.41, 5.74) is 0. The van der Waals surface area contributed by atoms with Crippen LogP contribution in [0.5, 0.6) is 0 Å². The molecule has 1 N–H and O–H groups in total. The Bertz CT molecular complexity index is 158. The van der Waals surface area contributed by atoms with Gasteiger partial charge in [0.2, 0.25) is 5.91 Å². The normalized spacial score (nSPS) is 18.5. The molecule has 1 rings (SSSR count). The molecule has 0 spiro atoms. The fourth-order valence-corrected chi connectivity index (χ4v) is 2.49. The number of nitrogens with one attached hydrogen (secondary N) is 1. The van der Waals surface area contributed by atoms with Crippen LogP contribution in [0.3, 0.4) is 0 Å². The van der Waals surface area contributed by atoms with Crippen molar-refractivity contribution in [3.63, 3.8) is 0 Å². The molecule has 13 heavy (non-hydrogen) atoms. The van der Waals surface area contributed by atoms with Gasteiger partial charge < -0.3 is 10.1 Å². The molecule has 1 heterocycles. The van der Waals surface area contributed by atoms with Gasteiger partial charge in [-0.1, -0.05) is 0 Å². The van der Waals surface area contributed by atoms with Gasteiger partial charge in [0.05, 0.1) is 6.61 Å². The van der Waals surface area contributed by atoms with E-state index in [0.29, 0.717) is 13.2 Å². The Kier molecular flexibility index (Phi) is 5.23.